The van der Waals surface area contributed by atoms with Crippen LogP contribution in [-0.4, -0.2) is 34.3 Å². The van der Waals surface area contributed by atoms with Crippen LogP contribution in [0.3, 0.4) is 0 Å². The first-order chi connectivity index (χ1) is 9.06. The number of nitrogens with one attached hydrogen (secondary N) is 1. The van der Waals surface area contributed by atoms with Gasteiger partial charge in [0.15, 0.2) is 0 Å². The molecule has 2 unspecified atom stereocenters. The van der Waals surface area contributed by atoms with Crippen molar-refractivity contribution in [3.8, 4) is 0 Å². The van der Waals surface area contributed by atoms with Gasteiger partial charge in [-0.25, -0.2) is 15.8 Å². The van der Waals surface area contributed by atoms with Crippen LogP contribution in [0.15, 0.2) is 0 Å². The number of nitrogen functional groups attached to an aromatic ring is 1. The standard InChI is InChI=1S/C13H23N5O/c1-4-11-15-12(17-14)9(3)13(16-11)18-6-5-10(19)8(2)7-18/h8,10,19H,4-7,14H2,1-3H3,(H,15,16,17). The molecule has 0 aliphatic carbocycles. The van der Waals surface area contributed by atoms with Crippen molar-refractivity contribution >= 4 is 11.6 Å². The Hall–Kier alpha value is -1.40. The van der Waals surface area contributed by atoms with Crippen LogP contribution in [0, 0.1) is 12.8 Å². The molecule has 0 amide bonds. The molecule has 19 heavy (non-hydrogen) atoms. The molecule has 0 radical (unpaired) electrons. The molecule has 6 heteroatoms. The van der Waals surface area contributed by atoms with E-state index in [0.29, 0.717) is 5.82 Å². The highest BCUT2D eigenvalue weighted by molar-refractivity contribution is 5.58. The van der Waals surface area contributed by atoms with Gasteiger partial charge in [0.05, 0.1) is 6.10 Å². The summed E-state index contributed by atoms with van der Waals surface area (Å²) in [7, 11) is 0. The monoisotopic (exact) mass is 265 g/mol. The molecular formula is C13H23N5O. The number of hydrazine groups is 1. The van der Waals surface area contributed by atoms with Crippen LogP contribution < -0.4 is 16.2 Å². The predicted octanol–water partition coefficient (Wildman–Crippen LogP) is 0.840. The number of hydrogen-bond donors (Lipinski definition) is 3. The largest absolute Gasteiger partial charge is 0.393 e. The van der Waals surface area contributed by atoms with Gasteiger partial charge in [-0.3, -0.25) is 0 Å². The fourth-order valence-electron chi connectivity index (χ4n) is 2.48. The van der Waals surface area contributed by atoms with Crippen LogP contribution in [-0.2, 0) is 6.42 Å². The summed E-state index contributed by atoms with van der Waals surface area (Å²) in [6.07, 6.45) is 1.34. The van der Waals surface area contributed by atoms with Gasteiger partial charge in [0, 0.05) is 25.1 Å². The maximum absolute atomic E-state index is 9.82. The summed E-state index contributed by atoms with van der Waals surface area (Å²) in [6.45, 7) is 7.69. The molecule has 1 aliphatic heterocycles. The summed E-state index contributed by atoms with van der Waals surface area (Å²) < 4.78 is 0. The Balaban J connectivity index is 2.33. The second kappa shape index (κ2) is 5.71. The average molecular weight is 265 g/mol. The van der Waals surface area contributed by atoms with Gasteiger partial charge in [0.25, 0.3) is 0 Å². The average Bonchev–Trinajstić information content (AvgIpc) is 2.42. The Morgan fingerprint density at radius 3 is 2.79 bits per heavy atom. The van der Waals surface area contributed by atoms with Crippen LogP contribution in [0.2, 0.25) is 0 Å². The number of aliphatic hydroxyl groups excluding tert-OH is 1. The van der Waals surface area contributed by atoms with Gasteiger partial charge in [-0.2, -0.15) is 0 Å². The molecule has 1 aromatic heterocycles. The Morgan fingerprint density at radius 1 is 1.47 bits per heavy atom. The van der Waals surface area contributed by atoms with Crippen molar-refractivity contribution in [2.75, 3.05) is 23.4 Å². The normalized spacial score (nSPS) is 23.5. The SMILES string of the molecule is CCc1nc(NN)c(C)c(N2CCC(O)C(C)C2)n1. The van der Waals surface area contributed by atoms with Crippen LogP contribution in [0.4, 0.5) is 11.6 Å². The minimum Gasteiger partial charge on any atom is -0.393 e. The second-order valence-electron chi connectivity index (χ2n) is 5.21. The third kappa shape index (κ3) is 2.79. The van der Waals surface area contributed by atoms with Crippen LogP contribution >= 0.6 is 0 Å². The first-order valence-corrected chi connectivity index (χ1v) is 6.84. The Morgan fingerprint density at radius 2 is 2.21 bits per heavy atom. The Kier molecular flexibility index (Phi) is 4.21. The van der Waals surface area contributed by atoms with Gasteiger partial charge in [0.1, 0.15) is 17.5 Å². The molecule has 1 fully saturated rings. The first-order valence-electron chi connectivity index (χ1n) is 6.84. The molecule has 2 rings (SSSR count). The summed E-state index contributed by atoms with van der Waals surface area (Å²) in [6, 6.07) is 0. The minimum absolute atomic E-state index is 0.212. The zero-order chi connectivity index (χ0) is 14.0. The molecule has 2 atom stereocenters. The van der Waals surface area contributed by atoms with Crippen molar-refractivity contribution in [1.82, 2.24) is 9.97 Å². The lowest BCUT2D eigenvalue weighted by atomic mass is 9.96. The van der Waals surface area contributed by atoms with Crippen LogP contribution in [0.25, 0.3) is 0 Å². The fourth-order valence-corrected chi connectivity index (χ4v) is 2.48. The molecule has 0 bridgehead atoms. The lowest BCUT2D eigenvalue weighted by molar-refractivity contribution is 0.0968. The van der Waals surface area contributed by atoms with E-state index in [4.69, 9.17) is 5.84 Å². The highest BCUT2D eigenvalue weighted by Crippen LogP contribution is 2.27. The van der Waals surface area contributed by atoms with E-state index in [9.17, 15) is 5.11 Å². The van der Waals surface area contributed by atoms with Crippen molar-refractivity contribution in [2.24, 2.45) is 11.8 Å². The molecule has 6 nitrogen and oxygen atoms in total. The molecule has 1 saturated heterocycles. The number of rotatable bonds is 3. The van der Waals surface area contributed by atoms with E-state index in [2.05, 4.69) is 27.2 Å². The summed E-state index contributed by atoms with van der Waals surface area (Å²) in [5.74, 6) is 8.17. The van der Waals surface area contributed by atoms with Crippen molar-refractivity contribution in [3.05, 3.63) is 11.4 Å². The molecule has 1 aliphatic rings. The molecule has 2 heterocycles. The molecule has 4 N–H and O–H groups in total. The molecular weight excluding hydrogens is 242 g/mol. The number of anilines is 2. The number of aliphatic hydroxyl groups is 1. The molecule has 0 spiro atoms. The topological polar surface area (TPSA) is 87.3 Å². The fraction of sp³-hybridized carbons (Fsp3) is 0.692. The number of hydrogen-bond acceptors (Lipinski definition) is 6. The quantitative estimate of drug-likeness (QED) is 0.554. The number of nitrogens with zero attached hydrogens (tertiary/aromatic N) is 3. The van der Waals surface area contributed by atoms with Gasteiger partial charge in [-0.05, 0) is 19.3 Å². The van der Waals surface area contributed by atoms with Gasteiger partial charge < -0.3 is 15.4 Å². The third-order valence-electron chi connectivity index (χ3n) is 3.78. The van der Waals surface area contributed by atoms with E-state index >= 15 is 0 Å². The third-order valence-corrected chi connectivity index (χ3v) is 3.78. The molecule has 106 valence electrons. The minimum atomic E-state index is -0.212. The van der Waals surface area contributed by atoms with E-state index in [1.54, 1.807) is 0 Å². The summed E-state index contributed by atoms with van der Waals surface area (Å²) >= 11 is 0. The zero-order valence-corrected chi connectivity index (χ0v) is 11.8. The molecule has 1 aromatic rings. The van der Waals surface area contributed by atoms with E-state index in [1.807, 2.05) is 13.8 Å². The summed E-state index contributed by atoms with van der Waals surface area (Å²) in [5.41, 5.74) is 3.60. The van der Waals surface area contributed by atoms with Crippen molar-refractivity contribution in [1.29, 1.82) is 0 Å². The highest BCUT2D eigenvalue weighted by Gasteiger charge is 2.26. The van der Waals surface area contributed by atoms with Crippen molar-refractivity contribution < 1.29 is 5.11 Å². The number of aromatic nitrogens is 2. The van der Waals surface area contributed by atoms with E-state index in [0.717, 1.165) is 43.1 Å². The van der Waals surface area contributed by atoms with E-state index < -0.39 is 0 Å². The lowest BCUT2D eigenvalue weighted by Crippen LogP contribution is -2.42. The first kappa shape index (κ1) is 14.0. The number of nitrogens with two attached hydrogens (primary N) is 1. The van der Waals surface area contributed by atoms with Gasteiger partial charge in [0.2, 0.25) is 0 Å². The maximum atomic E-state index is 9.82. The van der Waals surface area contributed by atoms with E-state index in [-0.39, 0.29) is 12.0 Å². The van der Waals surface area contributed by atoms with Gasteiger partial charge >= 0.3 is 0 Å². The van der Waals surface area contributed by atoms with Gasteiger partial charge in [-0.15, -0.1) is 0 Å². The summed E-state index contributed by atoms with van der Waals surface area (Å²) in [4.78, 5) is 11.2. The molecule has 0 saturated carbocycles. The van der Waals surface area contributed by atoms with Crippen molar-refractivity contribution in [3.63, 3.8) is 0 Å². The van der Waals surface area contributed by atoms with Crippen molar-refractivity contribution in [2.45, 2.75) is 39.7 Å². The number of aryl methyl sites for hydroxylation is 1. The second-order valence-corrected chi connectivity index (χ2v) is 5.21. The van der Waals surface area contributed by atoms with Crippen LogP contribution in [0.5, 0.6) is 0 Å². The maximum Gasteiger partial charge on any atom is 0.148 e. The lowest BCUT2D eigenvalue weighted by Gasteiger charge is -2.36. The predicted molar refractivity (Wildman–Crippen MR) is 76.0 cm³/mol. The summed E-state index contributed by atoms with van der Waals surface area (Å²) in [5, 5.41) is 9.82. The zero-order valence-electron chi connectivity index (χ0n) is 11.8. The smallest absolute Gasteiger partial charge is 0.148 e. The van der Waals surface area contributed by atoms with Crippen LogP contribution in [0.1, 0.15) is 31.7 Å². The Bertz CT molecular complexity index is 451. The highest BCUT2D eigenvalue weighted by atomic mass is 16.3. The Labute approximate surface area is 114 Å². The van der Waals surface area contributed by atoms with E-state index in [1.165, 1.54) is 0 Å². The van der Waals surface area contributed by atoms with Gasteiger partial charge in [-0.1, -0.05) is 13.8 Å². The molecule has 0 aromatic carbocycles. The number of piperidine rings is 1.